The SMILES string of the molecule is Cc1cc2c(C)nn(C)c2cc1C(C)C. The van der Waals surface area contributed by atoms with E-state index in [1.807, 2.05) is 11.7 Å². The summed E-state index contributed by atoms with van der Waals surface area (Å²) in [5, 5.41) is 5.73. The fourth-order valence-corrected chi connectivity index (χ4v) is 2.22. The molecule has 1 heterocycles. The van der Waals surface area contributed by atoms with Gasteiger partial charge in [0.2, 0.25) is 0 Å². The summed E-state index contributed by atoms with van der Waals surface area (Å²) in [7, 11) is 2.01. The van der Waals surface area contributed by atoms with Gasteiger partial charge in [-0.25, -0.2) is 0 Å². The Morgan fingerprint density at radius 2 is 1.87 bits per heavy atom. The molecule has 0 N–H and O–H groups in total. The van der Waals surface area contributed by atoms with Crippen LogP contribution in [0.4, 0.5) is 0 Å². The van der Waals surface area contributed by atoms with E-state index in [-0.39, 0.29) is 0 Å². The van der Waals surface area contributed by atoms with Gasteiger partial charge in [0, 0.05) is 12.4 Å². The predicted octanol–water partition coefficient (Wildman–Crippen LogP) is 3.31. The van der Waals surface area contributed by atoms with Crippen molar-refractivity contribution in [3.8, 4) is 0 Å². The Morgan fingerprint density at radius 3 is 2.47 bits per heavy atom. The molecule has 0 spiro atoms. The lowest BCUT2D eigenvalue weighted by molar-refractivity contribution is 0.781. The lowest BCUT2D eigenvalue weighted by Gasteiger charge is -2.10. The van der Waals surface area contributed by atoms with Crippen LogP contribution in [0.15, 0.2) is 12.1 Å². The van der Waals surface area contributed by atoms with Gasteiger partial charge in [0.05, 0.1) is 11.2 Å². The molecule has 2 nitrogen and oxygen atoms in total. The van der Waals surface area contributed by atoms with Crippen molar-refractivity contribution in [1.82, 2.24) is 9.78 Å². The average Bonchev–Trinajstić information content (AvgIpc) is 2.41. The van der Waals surface area contributed by atoms with Crippen molar-refractivity contribution in [1.29, 1.82) is 0 Å². The van der Waals surface area contributed by atoms with Crippen LogP contribution in [-0.2, 0) is 7.05 Å². The Labute approximate surface area is 90.9 Å². The third-order valence-electron chi connectivity index (χ3n) is 3.04. The summed E-state index contributed by atoms with van der Waals surface area (Å²) in [5.41, 5.74) is 5.15. The molecule has 15 heavy (non-hydrogen) atoms. The van der Waals surface area contributed by atoms with Gasteiger partial charge in [0.15, 0.2) is 0 Å². The second kappa shape index (κ2) is 3.37. The van der Waals surface area contributed by atoms with Gasteiger partial charge in [-0.15, -0.1) is 0 Å². The van der Waals surface area contributed by atoms with Crippen LogP contribution in [-0.4, -0.2) is 9.78 Å². The van der Waals surface area contributed by atoms with Gasteiger partial charge in [0.25, 0.3) is 0 Å². The molecule has 0 saturated carbocycles. The molecule has 0 fully saturated rings. The van der Waals surface area contributed by atoms with Crippen LogP contribution >= 0.6 is 0 Å². The molecule has 0 amide bonds. The highest BCUT2D eigenvalue weighted by molar-refractivity contribution is 5.83. The number of nitrogens with zero attached hydrogens (tertiary/aromatic N) is 2. The average molecular weight is 202 g/mol. The smallest absolute Gasteiger partial charge is 0.0684 e. The molecule has 0 aliphatic rings. The number of benzene rings is 1. The van der Waals surface area contributed by atoms with Crippen LogP contribution in [0.1, 0.15) is 36.6 Å². The molecule has 1 aromatic carbocycles. The van der Waals surface area contributed by atoms with Crippen LogP contribution in [0, 0.1) is 13.8 Å². The Bertz CT molecular complexity index is 507. The van der Waals surface area contributed by atoms with Gasteiger partial charge in [-0.1, -0.05) is 13.8 Å². The van der Waals surface area contributed by atoms with Crippen LogP contribution < -0.4 is 0 Å². The third-order valence-corrected chi connectivity index (χ3v) is 3.04. The fourth-order valence-electron chi connectivity index (χ4n) is 2.22. The topological polar surface area (TPSA) is 17.8 Å². The Morgan fingerprint density at radius 1 is 1.20 bits per heavy atom. The summed E-state index contributed by atoms with van der Waals surface area (Å²) in [4.78, 5) is 0. The first-order valence-electron chi connectivity index (χ1n) is 5.44. The van der Waals surface area contributed by atoms with Crippen LogP contribution in [0.3, 0.4) is 0 Å². The van der Waals surface area contributed by atoms with E-state index >= 15 is 0 Å². The first-order valence-corrected chi connectivity index (χ1v) is 5.44. The van der Waals surface area contributed by atoms with E-state index in [0.29, 0.717) is 5.92 Å². The van der Waals surface area contributed by atoms with Gasteiger partial charge in [0.1, 0.15) is 0 Å². The second-order valence-electron chi connectivity index (χ2n) is 4.59. The molecular weight excluding hydrogens is 184 g/mol. The van der Waals surface area contributed by atoms with Crippen LogP contribution in [0.2, 0.25) is 0 Å². The maximum Gasteiger partial charge on any atom is 0.0684 e. The number of aromatic nitrogens is 2. The van der Waals surface area contributed by atoms with Crippen molar-refractivity contribution in [2.24, 2.45) is 7.05 Å². The summed E-state index contributed by atoms with van der Waals surface area (Å²) in [6.07, 6.45) is 0. The standard InChI is InChI=1S/C13H18N2/c1-8(2)11-7-13-12(6-9(11)3)10(4)14-15(13)5/h6-8H,1-5H3. The van der Waals surface area contributed by atoms with E-state index in [0.717, 1.165) is 5.69 Å². The molecule has 2 aromatic rings. The second-order valence-corrected chi connectivity index (χ2v) is 4.59. The first kappa shape index (κ1) is 10.2. The zero-order valence-electron chi connectivity index (χ0n) is 10.1. The lowest BCUT2D eigenvalue weighted by atomic mass is 9.96. The van der Waals surface area contributed by atoms with Crippen molar-refractivity contribution in [2.75, 3.05) is 0 Å². The van der Waals surface area contributed by atoms with Gasteiger partial charge in [-0.2, -0.15) is 5.10 Å². The Hall–Kier alpha value is -1.31. The van der Waals surface area contributed by atoms with E-state index in [2.05, 4.69) is 44.9 Å². The summed E-state index contributed by atoms with van der Waals surface area (Å²) >= 11 is 0. The molecule has 1 aromatic heterocycles. The van der Waals surface area contributed by atoms with E-state index in [1.54, 1.807) is 0 Å². The predicted molar refractivity (Wildman–Crippen MR) is 64.3 cm³/mol. The first-order chi connectivity index (χ1) is 7.00. The van der Waals surface area contributed by atoms with Crippen molar-refractivity contribution < 1.29 is 0 Å². The lowest BCUT2D eigenvalue weighted by Crippen LogP contribution is -1.94. The van der Waals surface area contributed by atoms with Gasteiger partial charge < -0.3 is 0 Å². The number of hydrogen-bond donors (Lipinski definition) is 0. The molecule has 2 rings (SSSR count). The molecule has 0 saturated heterocycles. The largest absolute Gasteiger partial charge is 0.268 e. The molecule has 0 unspecified atom stereocenters. The highest BCUT2D eigenvalue weighted by Gasteiger charge is 2.10. The fraction of sp³-hybridized carbons (Fsp3) is 0.462. The van der Waals surface area contributed by atoms with Crippen molar-refractivity contribution in [2.45, 2.75) is 33.6 Å². The minimum Gasteiger partial charge on any atom is -0.268 e. The molecule has 0 aliphatic carbocycles. The molecule has 0 aliphatic heterocycles. The molecule has 0 radical (unpaired) electrons. The molecule has 0 bridgehead atoms. The monoisotopic (exact) mass is 202 g/mol. The summed E-state index contributed by atoms with van der Waals surface area (Å²) in [6, 6.07) is 4.53. The zero-order chi connectivity index (χ0) is 11.2. The maximum absolute atomic E-state index is 4.45. The van der Waals surface area contributed by atoms with E-state index in [1.165, 1.54) is 22.0 Å². The van der Waals surface area contributed by atoms with Gasteiger partial charge >= 0.3 is 0 Å². The number of fused-ring (bicyclic) bond motifs is 1. The zero-order valence-corrected chi connectivity index (χ0v) is 10.1. The highest BCUT2D eigenvalue weighted by Crippen LogP contribution is 2.26. The molecular formula is C13H18N2. The van der Waals surface area contributed by atoms with Gasteiger partial charge in [-0.3, -0.25) is 4.68 Å². The molecule has 80 valence electrons. The quantitative estimate of drug-likeness (QED) is 0.693. The van der Waals surface area contributed by atoms with E-state index < -0.39 is 0 Å². The highest BCUT2D eigenvalue weighted by atomic mass is 15.3. The summed E-state index contributed by atoms with van der Waals surface area (Å²) < 4.78 is 1.97. The Balaban J connectivity index is 2.79. The van der Waals surface area contributed by atoms with Crippen LogP contribution in [0.5, 0.6) is 0 Å². The van der Waals surface area contributed by atoms with E-state index in [9.17, 15) is 0 Å². The van der Waals surface area contributed by atoms with Crippen LogP contribution in [0.25, 0.3) is 10.9 Å². The third kappa shape index (κ3) is 1.54. The summed E-state index contributed by atoms with van der Waals surface area (Å²) in [5.74, 6) is 0.574. The Kier molecular flexibility index (Phi) is 2.29. The van der Waals surface area contributed by atoms with E-state index in [4.69, 9.17) is 0 Å². The normalized spacial score (nSPS) is 11.6. The minimum absolute atomic E-state index is 0.574. The number of aryl methyl sites for hydroxylation is 3. The van der Waals surface area contributed by atoms with Gasteiger partial charge in [-0.05, 0) is 43.0 Å². The maximum atomic E-state index is 4.45. The number of hydrogen-bond acceptors (Lipinski definition) is 1. The van der Waals surface area contributed by atoms with Crippen molar-refractivity contribution in [3.63, 3.8) is 0 Å². The molecule has 0 atom stereocenters. The summed E-state index contributed by atoms with van der Waals surface area (Å²) in [6.45, 7) is 8.72. The van der Waals surface area contributed by atoms with Crippen molar-refractivity contribution >= 4 is 10.9 Å². The minimum atomic E-state index is 0.574. The number of rotatable bonds is 1. The molecule has 2 heteroatoms. The van der Waals surface area contributed by atoms with Crippen molar-refractivity contribution in [3.05, 3.63) is 29.0 Å².